The van der Waals surface area contributed by atoms with Crippen LogP contribution in [0.15, 0.2) is 54.6 Å². The Morgan fingerprint density at radius 3 is 2.75 bits per heavy atom. The van der Waals surface area contributed by atoms with Crippen LogP contribution in [0.4, 0.5) is 14.9 Å². The molecular weight excluding hydrogens is 433 g/mol. The molecule has 166 valence electrons. The van der Waals surface area contributed by atoms with E-state index in [0.717, 1.165) is 41.8 Å². The fourth-order valence-corrected chi connectivity index (χ4v) is 4.15. The highest BCUT2D eigenvalue weighted by atomic mass is 35.5. The molecular formula is C25H23ClFNO4. The first-order chi connectivity index (χ1) is 15.4. The number of nitrogens with zero attached hydrogens (tertiary/aromatic N) is 1. The molecule has 3 aromatic carbocycles. The molecule has 1 N–H and O–H groups in total. The van der Waals surface area contributed by atoms with E-state index in [4.69, 9.17) is 26.2 Å². The minimum Gasteiger partial charge on any atom is -0.488 e. The van der Waals surface area contributed by atoms with E-state index in [2.05, 4.69) is 11.0 Å². The molecule has 0 radical (unpaired) electrons. The van der Waals surface area contributed by atoms with Gasteiger partial charge in [-0.15, -0.1) is 0 Å². The maximum atomic E-state index is 14.2. The second-order valence-electron chi connectivity index (χ2n) is 7.78. The molecule has 4 rings (SSSR count). The van der Waals surface area contributed by atoms with Crippen LogP contribution in [0, 0.1) is 12.7 Å². The molecule has 0 saturated carbocycles. The topological polar surface area (TPSA) is 59.0 Å². The summed E-state index contributed by atoms with van der Waals surface area (Å²) >= 11 is 5.84. The van der Waals surface area contributed by atoms with Crippen molar-refractivity contribution in [3.05, 3.63) is 87.7 Å². The van der Waals surface area contributed by atoms with E-state index in [1.165, 1.54) is 6.07 Å². The number of benzene rings is 3. The van der Waals surface area contributed by atoms with Crippen molar-refractivity contribution in [2.75, 3.05) is 11.4 Å². The van der Waals surface area contributed by atoms with Gasteiger partial charge in [0.15, 0.2) is 0 Å². The van der Waals surface area contributed by atoms with Gasteiger partial charge in [-0.25, -0.2) is 9.18 Å². The lowest BCUT2D eigenvalue weighted by Gasteiger charge is -2.32. The van der Waals surface area contributed by atoms with Crippen molar-refractivity contribution in [2.45, 2.75) is 32.9 Å². The molecule has 5 nitrogen and oxygen atoms in total. The average Bonchev–Trinajstić information content (AvgIpc) is 2.74. The van der Waals surface area contributed by atoms with Gasteiger partial charge in [-0.3, -0.25) is 0 Å². The summed E-state index contributed by atoms with van der Waals surface area (Å²) in [5.41, 5.74) is 4.33. The highest BCUT2D eigenvalue weighted by molar-refractivity contribution is 6.30. The van der Waals surface area contributed by atoms with Crippen LogP contribution in [0.1, 0.15) is 28.7 Å². The predicted molar refractivity (Wildman–Crippen MR) is 121 cm³/mol. The number of fused-ring (bicyclic) bond motifs is 1. The molecule has 0 bridgehead atoms. The number of ether oxygens (including phenoxy) is 2. The molecule has 32 heavy (non-hydrogen) atoms. The first-order valence-corrected chi connectivity index (χ1v) is 10.7. The Bertz CT molecular complexity index is 1150. The summed E-state index contributed by atoms with van der Waals surface area (Å²) in [6, 6.07) is 15.9. The van der Waals surface area contributed by atoms with Crippen molar-refractivity contribution in [3.63, 3.8) is 0 Å². The molecule has 1 heterocycles. The summed E-state index contributed by atoms with van der Waals surface area (Å²) in [5, 5.41) is 9.38. The van der Waals surface area contributed by atoms with Crippen LogP contribution in [0.2, 0.25) is 5.02 Å². The predicted octanol–water partition coefficient (Wildman–Crippen LogP) is 6.38. The quantitative estimate of drug-likeness (QED) is 0.345. The minimum atomic E-state index is -1.32. The zero-order valence-electron chi connectivity index (χ0n) is 17.6. The van der Waals surface area contributed by atoms with Crippen LogP contribution in [-0.4, -0.2) is 17.8 Å². The van der Waals surface area contributed by atoms with Gasteiger partial charge in [0.2, 0.25) is 0 Å². The lowest BCUT2D eigenvalue weighted by atomic mass is 9.99. The van der Waals surface area contributed by atoms with Gasteiger partial charge >= 0.3 is 6.16 Å². The summed E-state index contributed by atoms with van der Waals surface area (Å²) in [6.45, 7) is 3.49. The van der Waals surface area contributed by atoms with E-state index in [1.54, 1.807) is 24.3 Å². The van der Waals surface area contributed by atoms with Crippen molar-refractivity contribution >= 4 is 23.4 Å². The van der Waals surface area contributed by atoms with Crippen molar-refractivity contribution < 1.29 is 23.8 Å². The molecule has 3 aromatic rings. The Morgan fingerprint density at radius 2 is 1.97 bits per heavy atom. The molecule has 0 unspecified atom stereocenters. The monoisotopic (exact) mass is 455 g/mol. The van der Waals surface area contributed by atoms with E-state index in [1.807, 2.05) is 25.1 Å². The summed E-state index contributed by atoms with van der Waals surface area (Å²) in [5.74, 6) is 0.649. The number of aryl methyl sites for hydroxylation is 1. The Kier molecular flexibility index (Phi) is 6.51. The summed E-state index contributed by atoms with van der Waals surface area (Å²) in [7, 11) is 0. The molecule has 0 saturated heterocycles. The van der Waals surface area contributed by atoms with Gasteiger partial charge in [-0.2, -0.15) is 0 Å². The minimum absolute atomic E-state index is 0.0895. The number of rotatable bonds is 6. The molecule has 0 amide bonds. The molecule has 0 atom stereocenters. The van der Waals surface area contributed by atoms with Gasteiger partial charge in [0.05, 0.1) is 0 Å². The van der Waals surface area contributed by atoms with Gasteiger partial charge in [-0.1, -0.05) is 41.4 Å². The van der Waals surface area contributed by atoms with Gasteiger partial charge < -0.3 is 19.5 Å². The normalized spacial score (nSPS) is 12.9. The largest absolute Gasteiger partial charge is 0.511 e. The van der Waals surface area contributed by atoms with Gasteiger partial charge in [0, 0.05) is 40.5 Å². The molecule has 0 aromatic heterocycles. The third-order valence-electron chi connectivity index (χ3n) is 5.48. The van der Waals surface area contributed by atoms with Gasteiger partial charge in [0.25, 0.3) is 0 Å². The van der Waals surface area contributed by atoms with E-state index >= 15 is 0 Å². The van der Waals surface area contributed by atoms with Crippen molar-refractivity contribution in [2.24, 2.45) is 0 Å². The van der Waals surface area contributed by atoms with Crippen molar-refractivity contribution in [1.29, 1.82) is 0 Å². The first kappa shape index (κ1) is 22.0. The first-order valence-electron chi connectivity index (χ1n) is 10.3. The van der Waals surface area contributed by atoms with E-state index in [-0.39, 0.29) is 6.61 Å². The zero-order valence-corrected chi connectivity index (χ0v) is 18.4. The Morgan fingerprint density at radius 1 is 1.12 bits per heavy atom. The lowest BCUT2D eigenvalue weighted by Crippen LogP contribution is -2.29. The maximum absolute atomic E-state index is 14.2. The third kappa shape index (κ3) is 4.97. The molecule has 0 spiro atoms. The number of anilines is 1. The van der Waals surface area contributed by atoms with Crippen LogP contribution < -0.4 is 14.4 Å². The second-order valence-corrected chi connectivity index (χ2v) is 8.22. The standard InChI is InChI=1S/C25H23ClFNO4/c1-16-7-10-23(31-15-17-8-9-19(26)13-21(17)27)18(12-16)14-28-11-3-4-20-22(28)5-2-6-24(20)32-25(29)30/h2,5-10,12-13H,3-4,11,14-15H2,1H3,(H,29,30). The summed E-state index contributed by atoms with van der Waals surface area (Å²) in [4.78, 5) is 13.2. The van der Waals surface area contributed by atoms with Crippen LogP contribution >= 0.6 is 11.6 Å². The van der Waals surface area contributed by atoms with Crippen LogP contribution in [-0.2, 0) is 19.6 Å². The van der Waals surface area contributed by atoms with Crippen molar-refractivity contribution in [3.8, 4) is 11.5 Å². The molecule has 0 fully saturated rings. The Balaban J connectivity index is 1.58. The average molecular weight is 456 g/mol. The molecule has 1 aliphatic heterocycles. The number of hydrogen-bond donors (Lipinski definition) is 1. The second kappa shape index (κ2) is 9.49. The van der Waals surface area contributed by atoms with Crippen LogP contribution in [0.25, 0.3) is 0 Å². The van der Waals surface area contributed by atoms with Gasteiger partial charge in [0.1, 0.15) is 23.9 Å². The lowest BCUT2D eigenvalue weighted by molar-refractivity contribution is 0.144. The zero-order chi connectivity index (χ0) is 22.7. The highest BCUT2D eigenvalue weighted by Gasteiger charge is 2.22. The third-order valence-corrected chi connectivity index (χ3v) is 5.71. The van der Waals surface area contributed by atoms with Crippen LogP contribution in [0.3, 0.4) is 0 Å². The smallest absolute Gasteiger partial charge is 0.488 e. The SMILES string of the molecule is Cc1ccc(OCc2ccc(Cl)cc2F)c(CN2CCCc3c(OC(=O)O)cccc32)c1. The van der Waals surface area contributed by atoms with Gasteiger partial charge in [-0.05, 0) is 50.1 Å². The summed E-state index contributed by atoms with van der Waals surface area (Å²) < 4.78 is 25.1. The van der Waals surface area contributed by atoms with E-state index < -0.39 is 12.0 Å². The molecule has 0 aliphatic carbocycles. The fraction of sp³-hybridized carbons (Fsp3) is 0.240. The number of carboxylic acid groups (broad SMARTS) is 1. The number of carbonyl (C=O) groups is 1. The highest BCUT2D eigenvalue weighted by Crippen LogP contribution is 2.36. The Hall–Kier alpha value is -3.25. The van der Waals surface area contributed by atoms with E-state index in [0.29, 0.717) is 28.6 Å². The number of halogens is 2. The number of hydrogen-bond acceptors (Lipinski definition) is 4. The van der Waals surface area contributed by atoms with Crippen molar-refractivity contribution in [1.82, 2.24) is 0 Å². The Labute approximate surface area is 191 Å². The fourth-order valence-electron chi connectivity index (χ4n) is 4.00. The molecule has 7 heteroatoms. The maximum Gasteiger partial charge on any atom is 0.511 e. The van der Waals surface area contributed by atoms with Crippen LogP contribution in [0.5, 0.6) is 11.5 Å². The molecule has 1 aliphatic rings. The van der Waals surface area contributed by atoms with E-state index in [9.17, 15) is 9.18 Å². The summed E-state index contributed by atoms with van der Waals surface area (Å²) in [6.07, 6.45) is 0.312.